The molecule has 0 aliphatic carbocycles. The average Bonchev–Trinajstić information content (AvgIpc) is 2.35. The molecule has 1 N–H and O–H groups in total. The Morgan fingerprint density at radius 1 is 1.32 bits per heavy atom. The van der Waals surface area contributed by atoms with Crippen LogP contribution in [0.15, 0.2) is 30.3 Å². The van der Waals surface area contributed by atoms with Crippen LogP contribution in [0.5, 0.6) is 0 Å². The van der Waals surface area contributed by atoms with Gasteiger partial charge in [-0.25, -0.2) is 8.42 Å². The Bertz CT molecular complexity index is 502. The second-order valence-corrected chi connectivity index (χ2v) is 6.64. The van der Waals surface area contributed by atoms with Crippen LogP contribution in [0.3, 0.4) is 0 Å². The van der Waals surface area contributed by atoms with Crippen molar-refractivity contribution >= 4 is 15.9 Å². The van der Waals surface area contributed by atoms with E-state index in [-0.39, 0.29) is 14.5 Å². The average molecular weight is 287 g/mol. The number of hydrogen-bond donors (Lipinski definition) is 1. The van der Waals surface area contributed by atoms with Crippen molar-refractivity contribution in [3.05, 3.63) is 35.9 Å². The summed E-state index contributed by atoms with van der Waals surface area (Å²) in [5.74, 6) is -0.540. The number of benzene rings is 1. The van der Waals surface area contributed by atoms with E-state index in [1.54, 1.807) is 0 Å². The summed E-state index contributed by atoms with van der Waals surface area (Å²) >= 11 is 0. The molecule has 0 saturated carbocycles. The molecule has 1 rings (SSSR count). The van der Waals surface area contributed by atoms with Crippen molar-refractivity contribution in [2.45, 2.75) is 32.1 Å². The topological polar surface area (TPSA) is 72.5 Å². The van der Waals surface area contributed by atoms with Crippen molar-refractivity contribution in [3.63, 3.8) is 0 Å². The Morgan fingerprint density at radius 3 is 2.53 bits per heavy atom. The Hall–Kier alpha value is -1.40. The summed E-state index contributed by atoms with van der Waals surface area (Å²) in [5.41, 5.74) is 1.01. The lowest BCUT2D eigenvalue weighted by Gasteiger charge is -2.09. The fourth-order valence-corrected chi connectivity index (χ4v) is 1.91. The van der Waals surface area contributed by atoms with Crippen LogP contribution < -0.4 is 4.72 Å². The molecule has 0 saturated heterocycles. The van der Waals surface area contributed by atoms with Gasteiger partial charge in [-0.3, -0.25) is 9.52 Å². The molecule has 0 bridgehead atoms. The molecular weight excluding hydrogens is 266 g/mol. The molecule has 0 spiro atoms. The van der Waals surface area contributed by atoms with E-state index in [9.17, 15) is 13.2 Å². The van der Waals surface area contributed by atoms with Gasteiger partial charge in [-0.05, 0) is 19.4 Å². The quantitative estimate of drug-likeness (QED) is 0.775. The molecule has 0 radical (unpaired) electrons. The summed E-state index contributed by atoms with van der Waals surface area (Å²) < 4.78 is 30.2. The van der Waals surface area contributed by atoms with Gasteiger partial charge in [0.2, 0.25) is 15.9 Å². The predicted octanol–water partition coefficient (Wildman–Crippen LogP) is 1.69. The van der Waals surface area contributed by atoms with Crippen molar-refractivity contribution in [1.82, 2.24) is 4.72 Å². The van der Waals surface area contributed by atoms with E-state index in [2.05, 4.69) is 0 Å². The summed E-state index contributed by atoms with van der Waals surface area (Å²) in [6, 6.07) is 9.56. The van der Waals surface area contributed by atoms with Gasteiger partial charge in [-0.2, -0.15) is 0 Å². The minimum Gasteiger partial charge on any atom is -0.376 e. The molecule has 0 unspecified atom stereocenters. The number of nitrogens with one attached hydrogen (secondary N) is 1. The first-order valence-corrected chi connectivity index (χ1v) is 7.62. The maximum absolute atomic E-state index is 11.4. The Balaban J connectivity index is 0.00000361. The minimum atomic E-state index is -3.54. The molecule has 108 valence electrons. The molecular formula is C13H21NO4S. The smallest absolute Gasteiger partial charge is 0.237 e. The fraction of sp³-hybridized carbons (Fsp3) is 0.462. The molecule has 0 aromatic heterocycles. The van der Waals surface area contributed by atoms with Gasteiger partial charge in [0.25, 0.3) is 0 Å². The standard InChI is InChI=1S/C13H19NO4S.H2/c1-11(2)19(16,17)14-13(15)8-9-18-10-12-6-4-3-5-7-12;/h3-7,11H,8-10H2,1-2H3,(H,14,15);1H. The Morgan fingerprint density at radius 2 is 1.95 bits per heavy atom. The second-order valence-electron chi connectivity index (χ2n) is 4.41. The molecule has 6 heteroatoms. The lowest BCUT2D eigenvalue weighted by Crippen LogP contribution is -2.36. The number of amides is 1. The van der Waals surface area contributed by atoms with Gasteiger partial charge < -0.3 is 4.74 Å². The van der Waals surface area contributed by atoms with E-state index in [1.165, 1.54) is 13.8 Å². The largest absolute Gasteiger partial charge is 0.376 e. The zero-order valence-corrected chi connectivity index (χ0v) is 11.9. The molecule has 1 amide bonds. The molecule has 0 aliphatic rings. The number of hydrogen-bond acceptors (Lipinski definition) is 4. The summed E-state index contributed by atoms with van der Waals surface area (Å²) in [7, 11) is -3.54. The molecule has 5 nitrogen and oxygen atoms in total. The zero-order chi connectivity index (χ0) is 14.3. The van der Waals surface area contributed by atoms with Gasteiger partial charge in [0.05, 0.1) is 24.9 Å². The number of rotatable bonds is 7. The third-order valence-corrected chi connectivity index (χ3v) is 4.22. The molecule has 19 heavy (non-hydrogen) atoms. The SMILES string of the molecule is CC(C)S(=O)(=O)NC(=O)CCOCc1ccccc1.[HH]. The van der Waals surface area contributed by atoms with Crippen LogP contribution >= 0.6 is 0 Å². The lowest BCUT2D eigenvalue weighted by molar-refractivity contribution is -0.120. The minimum absolute atomic E-state index is 0. The molecule has 0 heterocycles. The Kier molecular flexibility index (Phi) is 5.98. The van der Waals surface area contributed by atoms with Crippen LogP contribution in [0.2, 0.25) is 0 Å². The summed E-state index contributed by atoms with van der Waals surface area (Å²) in [4.78, 5) is 11.4. The maximum Gasteiger partial charge on any atom is 0.237 e. The molecule has 0 fully saturated rings. The third kappa shape index (κ3) is 5.85. The molecule has 0 aliphatic heterocycles. The monoisotopic (exact) mass is 287 g/mol. The Labute approximate surface area is 115 Å². The highest BCUT2D eigenvalue weighted by Gasteiger charge is 2.18. The highest BCUT2D eigenvalue weighted by molar-refractivity contribution is 7.90. The first-order chi connectivity index (χ1) is 8.92. The highest BCUT2D eigenvalue weighted by atomic mass is 32.2. The number of carbonyl (C=O) groups is 1. The van der Waals surface area contributed by atoms with Gasteiger partial charge in [0.15, 0.2) is 0 Å². The van der Waals surface area contributed by atoms with E-state index in [1.807, 2.05) is 35.1 Å². The van der Waals surface area contributed by atoms with E-state index in [0.29, 0.717) is 6.61 Å². The first-order valence-electron chi connectivity index (χ1n) is 6.08. The summed E-state index contributed by atoms with van der Waals surface area (Å²) in [5, 5.41) is -0.623. The van der Waals surface area contributed by atoms with Crippen molar-refractivity contribution in [3.8, 4) is 0 Å². The van der Waals surface area contributed by atoms with Crippen molar-refractivity contribution in [1.29, 1.82) is 0 Å². The van der Waals surface area contributed by atoms with E-state index < -0.39 is 21.2 Å². The van der Waals surface area contributed by atoms with Gasteiger partial charge in [0.1, 0.15) is 0 Å². The molecule has 1 aromatic carbocycles. The van der Waals surface area contributed by atoms with Crippen molar-refractivity contribution < 1.29 is 19.4 Å². The van der Waals surface area contributed by atoms with E-state index >= 15 is 0 Å². The lowest BCUT2D eigenvalue weighted by atomic mass is 10.2. The number of sulfonamides is 1. The van der Waals surface area contributed by atoms with Crippen molar-refractivity contribution in [2.24, 2.45) is 0 Å². The van der Waals surface area contributed by atoms with E-state index in [0.717, 1.165) is 5.56 Å². The molecule has 0 atom stereocenters. The van der Waals surface area contributed by atoms with Crippen LogP contribution in [-0.2, 0) is 26.2 Å². The van der Waals surface area contributed by atoms with Gasteiger partial charge in [-0.1, -0.05) is 30.3 Å². The summed E-state index contributed by atoms with van der Waals surface area (Å²) in [6.45, 7) is 3.63. The second kappa shape index (κ2) is 7.25. The predicted molar refractivity (Wildman–Crippen MR) is 75.0 cm³/mol. The fourth-order valence-electron chi connectivity index (χ4n) is 1.26. The zero-order valence-electron chi connectivity index (χ0n) is 11.1. The van der Waals surface area contributed by atoms with Crippen LogP contribution in [0.1, 0.15) is 27.3 Å². The number of carbonyl (C=O) groups excluding carboxylic acids is 1. The van der Waals surface area contributed by atoms with Gasteiger partial charge >= 0.3 is 0 Å². The third-order valence-electron chi connectivity index (χ3n) is 2.46. The molecule has 1 aromatic rings. The van der Waals surface area contributed by atoms with Crippen LogP contribution in [0.4, 0.5) is 0 Å². The first kappa shape index (κ1) is 15.7. The van der Waals surface area contributed by atoms with Crippen molar-refractivity contribution in [2.75, 3.05) is 6.61 Å². The summed E-state index contributed by atoms with van der Waals surface area (Å²) in [6.07, 6.45) is 0.0266. The maximum atomic E-state index is 11.4. The van der Waals surface area contributed by atoms with Crippen LogP contribution in [-0.4, -0.2) is 26.2 Å². The number of ether oxygens (including phenoxy) is 1. The van der Waals surface area contributed by atoms with Gasteiger partial charge in [-0.15, -0.1) is 0 Å². The highest BCUT2D eigenvalue weighted by Crippen LogP contribution is 2.01. The van der Waals surface area contributed by atoms with Crippen LogP contribution in [0.25, 0.3) is 0 Å². The van der Waals surface area contributed by atoms with Crippen LogP contribution in [0, 0.1) is 0 Å². The normalized spacial score (nSPS) is 11.5. The van der Waals surface area contributed by atoms with E-state index in [4.69, 9.17) is 4.74 Å². The van der Waals surface area contributed by atoms with Gasteiger partial charge in [0, 0.05) is 1.43 Å².